The van der Waals surface area contributed by atoms with E-state index < -0.39 is 5.97 Å². The van der Waals surface area contributed by atoms with Crippen molar-refractivity contribution in [2.75, 3.05) is 12.3 Å². The third kappa shape index (κ3) is 2.02. The molecule has 0 unspecified atom stereocenters. The number of nitrogens with zero attached hydrogens (tertiary/aromatic N) is 1. The SMILES string of the molecule is CCOC(=O)c1ccc(N)cc1C#N. The summed E-state index contributed by atoms with van der Waals surface area (Å²) in [6.07, 6.45) is 0. The normalized spacial score (nSPS) is 9.14. The average molecular weight is 190 g/mol. The van der Waals surface area contributed by atoms with Crippen molar-refractivity contribution in [1.29, 1.82) is 5.26 Å². The lowest BCUT2D eigenvalue weighted by molar-refractivity contribution is 0.0526. The number of nitrogens with two attached hydrogens (primary N) is 1. The van der Waals surface area contributed by atoms with E-state index in [0.717, 1.165) is 0 Å². The monoisotopic (exact) mass is 190 g/mol. The number of nitriles is 1. The van der Waals surface area contributed by atoms with Crippen molar-refractivity contribution in [2.24, 2.45) is 0 Å². The lowest BCUT2D eigenvalue weighted by atomic mass is 10.1. The van der Waals surface area contributed by atoms with E-state index in [9.17, 15) is 4.79 Å². The van der Waals surface area contributed by atoms with Crippen molar-refractivity contribution < 1.29 is 9.53 Å². The van der Waals surface area contributed by atoms with Gasteiger partial charge in [-0.3, -0.25) is 0 Å². The molecule has 4 heteroatoms. The first kappa shape index (κ1) is 10.1. The number of hydrogen-bond acceptors (Lipinski definition) is 4. The number of esters is 1. The van der Waals surface area contributed by atoms with Crippen LogP contribution in [0.4, 0.5) is 5.69 Å². The Labute approximate surface area is 81.9 Å². The van der Waals surface area contributed by atoms with Gasteiger partial charge in [-0.05, 0) is 25.1 Å². The van der Waals surface area contributed by atoms with E-state index in [4.69, 9.17) is 15.7 Å². The quantitative estimate of drug-likeness (QED) is 0.563. The molecule has 4 nitrogen and oxygen atoms in total. The van der Waals surface area contributed by atoms with Gasteiger partial charge in [-0.2, -0.15) is 5.26 Å². The second kappa shape index (κ2) is 4.28. The maximum Gasteiger partial charge on any atom is 0.339 e. The van der Waals surface area contributed by atoms with Crippen LogP contribution in [0.5, 0.6) is 0 Å². The molecule has 0 spiro atoms. The number of rotatable bonds is 2. The zero-order chi connectivity index (χ0) is 10.6. The Morgan fingerprint density at radius 1 is 1.64 bits per heavy atom. The number of hydrogen-bond donors (Lipinski definition) is 1. The maximum atomic E-state index is 11.3. The van der Waals surface area contributed by atoms with Crippen LogP contribution in [0.1, 0.15) is 22.8 Å². The van der Waals surface area contributed by atoms with E-state index in [1.807, 2.05) is 6.07 Å². The number of benzene rings is 1. The van der Waals surface area contributed by atoms with Crippen LogP contribution in [0.3, 0.4) is 0 Å². The number of ether oxygens (including phenoxy) is 1. The predicted octanol–water partition coefficient (Wildman–Crippen LogP) is 1.32. The minimum Gasteiger partial charge on any atom is -0.462 e. The standard InChI is InChI=1S/C10H10N2O2/c1-2-14-10(13)9-4-3-8(12)5-7(9)6-11/h3-5H,2,12H2,1H3. The van der Waals surface area contributed by atoms with Gasteiger partial charge in [0.15, 0.2) is 0 Å². The third-order valence-electron chi connectivity index (χ3n) is 1.66. The van der Waals surface area contributed by atoms with E-state index in [0.29, 0.717) is 5.69 Å². The van der Waals surface area contributed by atoms with Gasteiger partial charge in [-0.15, -0.1) is 0 Å². The lowest BCUT2D eigenvalue weighted by Crippen LogP contribution is -2.07. The Morgan fingerprint density at radius 3 is 2.93 bits per heavy atom. The summed E-state index contributed by atoms with van der Waals surface area (Å²) in [5, 5.41) is 8.75. The second-order valence-electron chi connectivity index (χ2n) is 2.64. The first-order chi connectivity index (χ1) is 6.69. The van der Waals surface area contributed by atoms with Crippen molar-refractivity contribution in [3.8, 4) is 6.07 Å². The molecule has 0 bridgehead atoms. The Hall–Kier alpha value is -2.02. The highest BCUT2D eigenvalue weighted by Crippen LogP contribution is 2.13. The molecule has 0 aromatic heterocycles. The topological polar surface area (TPSA) is 76.1 Å². The molecule has 1 aromatic rings. The molecular formula is C10H10N2O2. The number of anilines is 1. The fourth-order valence-corrected chi connectivity index (χ4v) is 1.04. The van der Waals surface area contributed by atoms with Gasteiger partial charge in [0.1, 0.15) is 6.07 Å². The number of nitrogen functional groups attached to an aromatic ring is 1. The fourth-order valence-electron chi connectivity index (χ4n) is 1.04. The first-order valence-corrected chi connectivity index (χ1v) is 4.15. The fraction of sp³-hybridized carbons (Fsp3) is 0.200. The van der Waals surface area contributed by atoms with E-state index in [2.05, 4.69) is 0 Å². The highest BCUT2D eigenvalue weighted by atomic mass is 16.5. The molecule has 0 aliphatic heterocycles. The van der Waals surface area contributed by atoms with Crippen LogP contribution in [-0.2, 0) is 4.74 Å². The van der Waals surface area contributed by atoms with Crippen molar-refractivity contribution >= 4 is 11.7 Å². The van der Waals surface area contributed by atoms with Crippen LogP contribution in [0.15, 0.2) is 18.2 Å². The van der Waals surface area contributed by atoms with Gasteiger partial charge in [0.2, 0.25) is 0 Å². The Kier molecular flexibility index (Phi) is 3.08. The molecule has 0 aliphatic rings. The van der Waals surface area contributed by atoms with E-state index in [1.165, 1.54) is 12.1 Å². The predicted molar refractivity (Wildman–Crippen MR) is 51.5 cm³/mol. The zero-order valence-corrected chi connectivity index (χ0v) is 7.78. The molecule has 1 rings (SSSR count). The molecule has 0 atom stereocenters. The molecule has 72 valence electrons. The van der Waals surface area contributed by atoms with Gasteiger partial charge < -0.3 is 10.5 Å². The summed E-state index contributed by atoms with van der Waals surface area (Å²) in [6.45, 7) is 2.00. The van der Waals surface area contributed by atoms with Gasteiger partial charge >= 0.3 is 5.97 Å². The number of carbonyl (C=O) groups is 1. The van der Waals surface area contributed by atoms with E-state index >= 15 is 0 Å². The van der Waals surface area contributed by atoms with Gasteiger partial charge in [0, 0.05) is 5.69 Å². The van der Waals surface area contributed by atoms with Crippen LogP contribution in [-0.4, -0.2) is 12.6 Å². The number of carbonyl (C=O) groups excluding carboxylic acids is 1. The van der Waals surface area contributed by atoms with Crippen LogP contribution >= 0.6 is 0 Å². The first-order valence-electron chi connectivity index (χ1n) is 4.15. The average Bonchev–Trinajstić information content (AvgIpc) is 2.17. The van der Waals surface area contributed by atoms with Crippen LogP contribution in [0, 0.1) is 11.3 Å². The minimum atomic E-state index is -0.496. The molecule has 2 N–H and O–H groups in total. The van der Waals surface area contributed by atoms with E-state index in [1.54, 1.807) is 13.0 Å². The molecule has 0 aliphatic carbocycles. The summed E-state index contributed by atoms with van der Waals surface area (Å²) in [6, 6.07) is 6.40. The molecule has 1 aromatic carbocycles. The van der Waals surface area contributed by atoms with Crippen LogP contribution in [0.2, 0.25) is 0 Å². The molecule has 0 radical (unpaired) electrons. The van der Waals surface area contributed by atoms with Gasteiger partial charge in [-0.25, -0.2) is 4.79 Å². The second-order valence-corrected chi connectivity index (χ2v) is 2.64. The van der Waals surface area contributed by atoms with Crippen LogP contribution in [0.25, 0.3) is 0 Å². The lowest BCUT2D eigenvalue weighted by Gasteiger charge is -2.03. The summed E-state index contributed by atoms with van der Waals surface area (Å²) < 4.78 is 4.78. The smallest absolute Gasteiger partial charge is 0.339 e. The maximum absolute atomic E-state index is 11.3. The van der Waals surface area contributed by atoms with E-state index in [-0.39, 0.29) is 17.7 Å². The van der Waals surface area contributed by atoms with Gasteiger partial charge in [0.05, 0.1) is 17.7 Å². The Balaban J connectivity index is 3.09. The minimum absolute atomic E-state index is 0.239. The van der Waals surface area contributed by atoms with Crippen molar-refractivity contribution in [3.63, 3.8) is 0 Å². The van der Waals surface area contributed by atoms with Gasteiger partial charge in [0.25, 0.3) is 0 Å². The molecule has 0 heterocycles. The summed E-state index contributed by atoms with van der Waals surface area (Å²) in [5.41, 5.74) is 6.42. The summed E-state index contributed by atoms with van der Waals surface area (Å²) in [5.74, 6) is -0.496. The molecule has 0 saturated heterocycles. The highest BCUT2D eigenvalue weighted by Gasteiger charge is 2.11. The summed E-state index contributed by atoms with van der Waals surface area (Å²) in [7, 11) is 0. The largest absolute Gasteiger partial charge is 0.462 e. The molecule has 0 saturated carbocycles. The molecule has 0 amide bonds. The van der Waals surface area contributed by atoms with Crippen LogP contribution < -0.4 is 5.73 Å². The van der Waals surface area contributed by atoms with Gasteiger partial charge in [-0.1, -0.05) is 0 Å². The molecular weight excluding hydrogens is 180 g/mol. The summed E-state index contributed by atoms with van der Waals surface area (Å²) in [4.78, 5) is 11.3. The van der Waals surface area contributed by atoms with Crippen molar-refractivity contribution in [2.45, 2.75) is 6.92 Å². The molecule has 0 fully saturated rings. The summed E-state index contributed by atoms with van der Waals surface area (Å²) >= 11 is 0. The Morgan fingerprint density at radius 2 is 2.36 bits per heavy atom. The zero-order valence-electron chi connectivity index (χ0n) is 7.78. The molecule has 14 heavy (non-hydrogen) atoms. The van der Waals surface area contributed by atoms with Crippen molar-refractivity contribution in [1.82, 2.24) is 0 Å². The highest BCUT2D eigenvalue weighted by molar-refractivity contribution is 5.92. The Bertz CT molecular complexity index is 394. The third-order valence-corrected chi connectivity index (χ3v) is 1.66. The van der Waals surface area contributed by atoms with Crippen molar-refractivity contribution in [3.05, 3.63) is 29.3 Å².